The van der Waals surface area contributed by atoms with Crippen molar-refractivity contribution in [2.45, 2.75) is 44.8 Å². The second-order valence-electron chi connectivity index (χ2n) is 7.52. The van der Waals surface area contributed by atoms with Crippen molar-refractivity contribution in [3.63, 3.8) is 0 Å². The van der Waals surface area contributed by atoms with Crippen LogP contribution in [0.25, 0.3) is 0 Å². The molecule has 0 atom stereocenters. The molecule has 8 heteroatoms. The average Bonchev–Trinajstić information content (AvgIpc) is 2.69. The molecular weight excluding hydrogens is 403 g/mol. The third-order valence-corrected chi connectivity index (χ3v) is 5.54. The standard InChI is InChI=1S/C21H23ClF3N3O/c1-13-2-7-19(22)18(8-13)20(29)28-16-5-3-14(4-6-16)10-27-17-9-15(11-26-12-17)21(23,24)25/h2,7-9,11-12,14,16,27H,3-6,10H2,1H3,(H,28,29). The number of rotatable bonds is 5. The maximum absolute atomic E-state index is 12.8. The Hall–Kier alpha value is -2.28. The first kappa shape index (κ1) is 21.4. The Bertz CT molecular complexity index is 864. The number of halogens is 4. The van der Waals surface area contributed by atoms with E-state index in [0.29, 0.717) is 28.7 Å². The van der Waals surface area contributed by atoms with Crippen LogP contribution in [0.2, 0.25) is 5.02 Å². The van der Waals surface area contributed by atoms with Crippen molar-refractivity contribution in [1.82, 2.24) is 10.3 Å². The number of carbonyl (C=O) groups is 1. The zero-order valence-corrected chi connectivity index (χ0v) is 16.8. The summed E-state index contributed by atoms with van der Waals surface area (Å²) in [5.41, 5.74) is 1.05. The number of nitrogens with one attached hydrogen (secondary N) is 2. The molecule has 156 valence electrons. The molecule has 1 aromatic carbocycles. The lowest BCUT2D eigenvalue weighted by atomic mass is 9.86. The average molecular weight is 426 g/mol. The molecule has 1 aliphatic rings. The van der Waals surface area contributed by atoms with Crippen LogP contribution in [0, 0.1) is 12.8 Å². The molecule has 0 bridgehead atoms. The Kier molecular flexibility index (Phi) is 6.67. The number of nitrogens with zero attached hydrogens (tertiary/aromatic N) is 1. The fourth-order valence-electron chi connectivity index (χ4n) is 3.54. The Morgan fingerprint density at radius 1 is 1.17 bits per heavy atom. The lowest BCUT2D eigenvalue weighted by molar-refractivity contribution is -0.137. The predicted octanol–water partition coefficient (Wildman–Crippen LogP) is 5.46. The van der Waals surface area contributed by atoms with Crippen molar-refractivity contribution in [3.8, 4) is 0 Å². The van der Waals surface area contributed by atoms with Crippen molar-refractivity contribution in [2.75, 3.05) is 11.9 Å². The van der Waals surface area contributed by atoms with Gasteiger partial charge in [0.2, 0.25) is 0 Å². The minimum Gasteiger partial charge on any atom is -0.384 e. The van der Waals surface area contributed by atoms with Gasteiger partial charge in [-0.2, -0.15) is 13.2 Å². The quantitative estimate of drug-likeness (QED) is 0.668. The minimum absolute atomic E-state index is 0.0746. The topological polar surface area (TPSA) is 54.0 Å². The summed E-state index contributed by atoms with van der Waals surface area (Å²) < 4.78 is 38.3. The van der Waals surface area contributed by atoms with E-state index in [9.17, 15) is 18.0 Å². The van der Waals surface area contributed by atoms with E-state index >= 15 is 0 Å². The molecule has 2 N–H and O–H groups in total. The second-order valence-corrected chi connectivity index (χ2v) is 7.92. The van der Waals surface area contributed by atoms with Crippen LogP contribution in [0.3, 0.4) is 0 Å². The summed E-state index contributed by atoms with van der Waals surface area (Å²) in [6.45, 7) is 2.48. The maximum Gasteiger partial charge on any atom is 0.417 e. The van der Waals surface area contributed by atoms with Crippen LogP contribution in [0.15, 0.2) is 36.7 Å². The van der Waals surface area contributed by atoms with Crippen LogP contribution in [-0.2, 0) is 6.18 Å². The normalized spacial score (nSPS) is 19.6. The van der Waals surface area contributed by atoms with Crippen LogP contribution in [-0.4, -0.2) is 23.5 Å². The van der Waals surface area contributed by atoms with E-state index in [2.05, 4.69) is 15.6 Å². The molecule has 0 aliphatic heterocycles. The number of aromatic nitrogens is 1. The van der Waals surface area contributed by atoms with Crippen LogP contribution < -0.4 is 10.6 Å². The first-order valence-corrected chi connectivity index (χ1v) is 9.93. The van der Waals surface area contributed by atoms with Gasteiger partial charge in [-0.1, -0.05) is 23.2 Å². The molecule has 4 nitrogen and oxygen atoms in total. The summed E-state index contributed by atoms with van der Waals surface area (Å²) in [4.78, 5) is 16.1. The van der Waals surface area contributed by atoms with E-state index in [1.165, 1.54) is 6.20 Å². The number of alkyl halides is 3. The molecule has 0 saturated heterocycles. The Morgan fingerprint density at radius 3 is 2.59 bits per heavy atom. The molecule has 3 rings (SSSR count). The van der Waals surface area contributed by atoms with Gasteiger partial charge in [0.1, 0.15) is 0 Å². The van der Waals surface area contributed by atoms with Gasteiger partial charge in [0.15, 0.2) is 0 Å². The molecule has 1 aromatic heterocycles. The molecule has 0 spiro atoms. The molecule has 1 heterocycles. The highest BCUT2D eigenvalue weighted by Crippen LogP contribution is 2.30. The zero-order chi connectivity index (χ0) is 21.0. The Labute approximate surface area is 172 Å². The van der Waals surface area contributed by atoms with Crippen LogP contribution in [0.1, 0.15) is 47.2 Å². The van der Waals surface area contributed by atoms with E-state index in [1.54, 1.807) is 12.1 Å². The molecule has 0 unspecified atom stereocenters. The molecule has 1 aliphatic carbocycles. The van der Waals surface area contributed by atoms with Crippen molar-refractivity contribution < 1.29 is 18.0 Å². The van der Waals surface area contributed by atoms with Gasteiger partial charge in [-0.3, -0.25) is 9.78 Å². The zero-order valence-electron chi connectivity index (χ0n) is 16.0. The number of amides is 1. The summed E-state index contributed by atoms with van der Waals surface area (Å²) in [5, 5.41) is 6.53. The minimum atomic E-state index is -4.40. The van der Waals surface area contributed by atoms with Crippen molar-refractivity contribution in [1.29, 1.82) is 0 Å². The largest absolute Gasteiger partial charge is 0.417 e. The monoisotopic (exact) mass is 425 g/mol. The van der Waals surface area contributed by atoms with E-state index in [4.69, 9.17) is 11.6 Å². The summed E-state index contributed by atoms with van der Waals surface area (Å²) in [5.74, 6) is 0.163. The highest BCUT2D eigenvalue weighted by molar-refractivity contribution is 6.33. The van der Waals surface area contributed by atoms with E-state index in [1.807, 2.05) is 13.0 Å². The van der Waals surface area contributed by atoms with Crippen molar-refractivity contribution in [3.05, 3.63) is 58.4 Å². The lowest BCUT2D eigenvalue weighted by Crippen LogP contribution is -2.38. The van der Waals surface area contributed by atoms with Crippen molar-refractivity contribution in [2.24, 2.45) is 5.92 Å². The van der Waals surface area contributed by atoms with Gasteiger partial charge in [-0.25, -0.2) is 0 Å². The van der Waals surface area contributed by atoms with Crippen molar-refractivity contribution >= 4 is 23.2 Å². The molecule has 1 amide bonds. The highest BCUT2D eigenvalue weighted by atomic mass is 35.5. The number of hydrogen-bond donors (Lipinski definition) is 2. The molecule has 2 aromatic rings. The van der Waals surface area contributed by atoms with Gasteiger partial charge in [0.25, 0.3) is 5.91 Å². The van der Waals surface area contributed by atoms with Crippen LogP contribution >= 0.6 is 11.6 Å². The Morgan fingerprint density at radius 2 is 1.90 bits per heavy atom. The summed E-state index contributed by atoms with van der Waals surface area (Å²) >= 11 is 6.13. The third kappa shape index (κ3) is 5.85. The number of anilines is 1. The van der Waals surface area contributed by atoms with Crippen LogP contribution in [0.4, 0.5) is 18.9 Å². The smallest absolute Gasteiger partial charge is 0.384 e. The summed E-state index contributed by atoms with van der Waals surface area (Å²) in [7, 11) is 0. The number of benzene rings is 1. The first-order valence-electron chi connectivity index (χ1n) is 9.55. The summed E-state index contributed by atoms with van der Waals surface area (Å²) in [6.07, 6.45) is 1.22. The van der Waals surface area contributed by atoms with Gasteiger partial charge in [-0.05, 0) is 56.7 Å². The molecule has 1 fully saturated rings. The van der Waals surface area contributed by atoms with Gasteiger partial charge in [0.05, 0.1) is 21.8 Å². The molecular formula is C21H23ClF3N3O. The number of carbonyl (C=O) groups excluding carboxylic acids is 1. The summed E-state index contributed by atoms with van der Waals surface area (Å²) in [6, 6.07) is 6.50. The maximum atomic E-state index is 12.8. The first-order chi connectivity index (χ1) is 13.7. The van der Waals surface area contributed by atoms with Gasteiger partial charge < -0.3 is 10.6 Å². The van der Waals surface area contributed by atoms with Gasteiger partial charge >= 0.3 is 6.18 Å². The van der Waals surface area contributed by atoms with E-state index < -0.39 is 11.7 Å². The molecule has 29 heavy (non-hydrogen) atoms. The third-order valence-electron chi connectivity index (χ3n) is 5.21. The predicted molar refractivity (Wildman–Crippen MR) is 107 cm³/mol. The van der Waals surface area contributed by atoms with Crippen LogP contribution in [0.5, 0.6) is 0 Å². The molecule has 1 saturated carbocycles. The van der Waals surface area contributed by atoms with Gasteiger partial charge in [0, 0.05) is 25.0 Å². The molecule has 0 radical (unpaired) electrons. The van der Waals surface area contributed by atoms with E-state index in [0.717, 1.165) is 43.5 Å². The number of pyridine rings is 1. The Balaban J connectivity index is 1.47. The van der Waals surface area contributed by atoms with Gasteiger partial charge in [-0.15, -0.1) is 0 Å². The van der Waals surface area contributed by atoms with E-state index in [-0.39, 0.29) is 11.9 Å². The number of aryl methyl sites for hydroxylation is 1. The second kappa shape index (κ2) is 9.03. The fourth-order valence-corrected chi connectivity index (χ4v) is 3.74. The number of hydrogen-bond acceptors (Lipinski definition) is 3. The lowest BCUT2D eigenvalue weighted by Gasteiger charge is -2.29. The SMILES string of the molecule is Cc1ccc(Cl)c(C(=O)NC2CCC(CNc3cncc(C(F)(F)F)c3)CC2)c1. The highest BCUT2D eigenvalue weighted by Gasteiger charge is 2.31. The fraction of sp³-hybridized carbons (Fsp3) is 0.429.